The summed E-state index contributed by atoms with van der Waals surface area (Å²) in [5, 5.41) is 16.0. The predicted octanol–water partition coefficient (Wildman–Crippen LogP) is 3.47. The lowest BCUT2D eigenvalue weighted by Crippen LogP contribution is -2.49. The Kier molecular flexibility index (Phi) is 7.29. The lowest BCUT2D eigenvalue weighted by Gasteiger charge is -2.43. The van der Waals surface area contributed by atoms with Crippen LogP contribution in [0, 0.1) is 5.41 Å². The van der Waals surface area contributed by atoms with Gasteiger partial charge in [-0.3, -0.25) is 4.99 Å². The molecule has 30 heavy (non-hydrogen) atoms. The van der Waals surface area contributed by atoms with Gasteiger partial charge in [-0.05, 0) is 44.2 Å². The van der Waals surface area contributed by atoms with Gasteiger partial charge in [-0.25, -0.2) is 0 Å². The molecule has 0 spiro atoms. The van der Waals surface area contributed by atoms with Gasteiger partial charge in [0.25, 0.3) is 0 Å². The van der Waals surface area contributed by atoms with Crippen molar-refractivity contribution in [3.05, 3.63) is 35.4 Å². The number of nitrogens with one attached hydrogen (secondary N) is 2. The second-order valence-corrected chi connectivity index (χ2v) is 8.54. The molecule has 1 unspecified atom stereocenters. The largest absolute Gasteiger partial charge is 0.416 e. The molecule has 3 N–H and O–H groups in total. The SMILES string of the molecule is CCNC(=NCC1(CCO)CCOC1)NCC1(c2cccc(C(F)(F)F)c2)CCC1. The highest BCUT2D eigenvalue weighted by Gasteiger charge is 2.40. The Morgan fingerprint density at radius 1 is 1.23 bits per heavy atom. The first kappa shape index (κ1) is 22.9. The van der Waals surface area contributed by atoms with E-state index in [1.807, 2.05) is 6.92 Å². The molecule has 5 nitrogen and oxygen atoms in total. The second kappa shape index (κ2) is 9.56. The molecule has 1 aromatic carbocycles. The van der Waals surface area contributed by atoms with E-state index in [2.05, 4.69) is 10.6 Å². The van der Waals surface area contributed by atoms with Crippen LogP contribution >= 0.6 is 0 Å². The molecule has 2 aliphatic rings. The van der Waals surface area contributed by atoms with Gasteiger partial charge in [0, 0.05) is 37.1 Å². The smallest absolute Gasteiger partial charge is 0.396 e. The third kappa shape index (κ3) is 5.27. The minimum absolute atomic E-state index is 0.0987. The number of rotatable bonds is 8. The number of hydrogen-bond acceptors (Lipinski definition) is 3. The highest BCUT2D eigenvalue weighted by Crippen LogP contribution is 2.44. The van der Waals surface area contributed by atoms with Crippen LogP contribution in [-0.4, -0.2) is 50.5 Å². The molecule has 1 aliphatic heterocycles. The Bertz CT molecular complexity index is 727. The van der Waals surface area contributed by atoms with Crippen LogP contribution in [0.15, 0.2) is 29.3 Å². The minimum Gasteiger partial charge on any atom is -0.396 e. The first-order chi connectivity index (χ1) is 14.3. The van der Waals surface area contributed by atoms with Gasteiger partial charge < -0.3 is 20.5 Å². The summed E-state index contributed by atoms with van der Waals surface area (Å²) in [4.78, 5) is 4.72. The van der Waals surface area contributed by atoms with Crippen molar-refractivity contribution in [3.63, 3.8) is 0 Å². The Morgan fingerprint density at radius 2 is 2.03 bits per heavy atom. The Labute approximate surface area is 176 Å². The van der Waals surface area contributed by atoms with Crippen molar-refractivity contribution in [1.29, 1.82) is 0 Å². The molecule has 3 rings (SSSR count). The molecule has 168 valence electrons. The zero-order chi connectivity index (χ0) is 21.7. The summed E-state index contributed by atoms with van der Waals surface area (Å²) in [5.41, 5.74) is -0.324. The van der Waals surface area contributed by atoms with Crippen LogP contribution in [0.3, 0.4) is 0 Å². The average Bonchev–Trinajstić information content (AvgIpc) is 3.14. The molecule has 0 amide bonds. The van der Waals surface area contributed by atoms with Crippen molar-refractivity contribution in [2.75, 3.05) is 39.5 Å². The summed E-state index contributed by atoms with van der Waals surface area (Å²) >= 11 is 0. The molecule has 1 heterocycles. The number of guanidine groups is 1. The van der Waals surface area contributed by atoms with Crippen molar-refractivity contribution in [1.82, 2.24) is 10.6 Å². The maximum absolute atomic E-state index is 13.2. The van der Waals surface area contributed by atoms with E-state index in [9.17, 15) is 18.3 Å². The molecule has 8 heteroatoms. The summed E-state index contributed by atoms with van der Waals surface area (Å²) in [6, 6.07) is 5.71. The fourth-order valence-corrected chi connectivity index (χ4v) is 4.33. The Balaban J connectivity index is 1.71. The molecule has 0 bridgehead atoms. The van der Waals surface area contributed by atoms with Gasteiger partial charge in [0.15, 0.2) is 5.96 Å². The number of aliphatic hydroxyl groups is 1. The van der Waals surface area contributed by atoms with E-state index in [-0.39, 0.29) is 17.4 Å². The van der Waals surface area contributed by atoms with Crippen LogP contribution in [0.5, 0.6) is 0 Å². The van der Waals surface area contributed by atoms with Crippen molar-refractivity contribution in [2.24, 2.45) is 10.4 Å². The van der Waals surface area contributed by atoms with Gasteiger partial charge in [-0.1, -0.05) is 24.6 Å². The van der Waals surface area contributed by atoms with Gasteiger partial charge in [-0.15, -0.1) is 0 Å². The molecule has 1 saturated heterocycles. The van der Waals surface area contributed by atoms with Crippen LogP contribution in [0.1, 0.15) is 50.2 Å². The Morgan fingerprint density at radius 3 is 2.60 bits per heavy atom. The fourth-order valence-electron chi connectivity index (χ4n) is 4.33. The van der Waals surface area contributed by atoms with E-state index < -0.39 is 11.7 Å². The number of nitrogens with zero attached hydrogens (tertiary/aromatic N) is 1. The van der Waals surface area contributed by atoms with E-state index in [1.54, 1.807) is 6.07 Å². The van der Waals surface area contributed by atoms with Gasteiger partial charge in [0.1, 0.15) is 0 Å². The third-order valence-electron chi connectivity index (χ3n) is 6.45. The molecule has 0 radical (unpaired) electrons. The van der Waals surface area contributed by atoms with Crippen molar-refractivity contribution < 1.29 is 23.0 Å². The normalized spacial score (nSPS) is 23.8. The van der Waals surface area contributed by atoms with Crippen molar-refractivity contribution >= 4 is 5.96 Å². The number of ether oxygens (including phenoxy) is 1. The highest BCUT2D eigenvalue weighted by atomic mass is 19.4. The molecule has 1 aromatic rings. The zero-order valence-electron chi connectivity index (χ0n) is 17.5. The molecule has 1 saturated carbocycles. The minimum atomic E-state index is -4.34. The first-order valence-electron chi connectivity index (χ1n) is 10.7. The van der Waals surface area contributed by atoms with Gasteiger partial charge in [0.2, 0.25) is 0 Å². The van der Waals surface area contributed by atoms with Crippen LogP contribution in [0.2, 0.25) is 0 Å². The van der Waals surface area contributed by atoms with Gasteiger partial charge in [-0.2, -0.15) is 13.2 Å². The van der Waals surface area contributed by atoms with Crippen molar-refractivity contribution in [3.8, 4) is 0 Å². The summed E-state index contributed by atoms with van der Waals surface area (Å²) < 4.78 is 45.0. The summed E-state index contributed by atoms with van der Waals surface area (Å²) in [5.74, 6) is 0.653. The first-order valence-corrected chi connectivity index (χ1v) is 10.7. The lowest BCUT2D eigenvalue weighted by atomic mass is 9.64. The number of aliphatic hydroxyl groups excluding tert-OH is 1. The van der Waals surface area contributed by atoms with E-state index in [0.717, 1.165) is 37.3 Å². The summed E-state index contributed by atoms with van der Waals surface area (Å²) in [7, 11) is 0. The molecule has 1 atom stereocenters. The van der Waals surface area contributed by atoms with E-state index >= 15 is 0 Å². The van der Waals surface area contributed by atoms with Crippen LogP contribution in [0.25, 0.3) is 0 Å². The lowest BCUT2D eigenvalue weighted by molar-refractivity contribution is -0.137. The van der Waals surface area contributed by atoms with Crippen molar-refractivity contribution in [2.45, 2.75) is 50.6 Å². The highest BCUT2D eigenvalue weighted by molar-refractivity contribution is 5.80. The molecule has 1 aliphatic carbocycles. The average molecular weight is 428 g/mol. The molecule has 0 aromatic heterocycles. The standard InChI is InChI=1S/C22H32F3N3O2/c1-2-26-19(27-14-20(9-11-29)10-12-30-16-20)28-15-21(7-4-8-21)17-5-3-6-18(13-17)22(23,24)25/h3,5-6,13,29H,2,4,7-12,14-16H2,1H3,(H2,26,27,28). The van der Waals surface area contributed by atoms with E-state index in [1.165, 1.54) is 12.1 Å². The number of aliphatic imine (C=N–C) groups is 1. The molecule has 2 fully saturated rings. The molecular formula is C22H32F3N3O2. The third-order valence-corrected chi connectivity index (χ3v) is 6.45. The van der Waals surface area contributed by atoms with Crippen LogP contribution in [0.4, 0.5) is 13.2 Å². The second-order valence-electron chi connectivity index (χ2n) is 8.54. The number of halogens is 3. The Hall–Kier alpha value is -1.80. The quantitative estimate of drug-likeness (QED) is 0.439. The number of hydrogen-bond donors (Lipinski definition) is 3. The molecular weight excluding hydrogens is 395 g/mol. The van der Waals surface area contributed by atoms with Crippen LogP contribution in [-0.2, 0) is 16.3 Å². The maximum atomic E-state index is 13.2. The van der Waals surface area contributed by atoms with E-state index in [0.29, 0.717) is 45.2 Å². The monoisotopic (exact) mass is 427 g/mol. The zero-order valence-corrected chi connectivity index (χ0v) is 17.5. The summed E-state index contributed by atoms with van der Waals surface area (Å²) in [6.45, 7) is 5.10. The summed E-state index contributed by atoms with van der Waals surface area (Å²) in [6.07, 6.45) is -0.127. The number of alkyl halides is 3. The van der Waals surface area contributed by atoms with E-state index in [4.69, 9.17) is 9.73 Å². The topological polar surface area (TPSA) is 65.9 Å². The predicted molar refractivity (Wildman–Crippen MR) is 111 cm³/mol. The van der Waals surface area contributed by atoms with Crippen LogP contribution < -0.4 is 10.6 Å². The van der Waals surface area contributed by atoms with Gasteiger partial charge in [0.05, 0.1) is 18.7 Å². The maximum Gasteiger partial charge on any atom is 0.416 e. The van der Waals surface area contributed by atoms with Gasteiger partial charge >= 0.3 is 6.18 Å². The fraction of sp³-hybridized carbons (Fsp3) is 0.682. The number of benzene rings is 1.